The van der Waals surface area contributed by atoms with Crippen LogP contribution in [0.25, 0.3) is 0 Å². The van der Waals surface area contributed by atoms with Crippen molar-refractivity contribution in [3.8, 4) is 0 Å². The summed E-state index contributed by atoms with van der Waals surface area (Å²) in [5.41, 5.74) is -0.657. The zero-order chi connectivity index (χ0) is 15.2. The van der Waals surface area contributed by atoms with E-state index in [1.807, 2.05) is 0 Å². The van der Waals surface area contributed by atoms with Crippen molar-refractivity contribution in [2.24, 2.45) is 0 Å². The standard InChI is InChI=1S/C13H18ClNO5/c1-13(2,3)20-12(17)15-10(11(16)19-8-14)7-9-5-4-6-18-9/h4-6,10H,7-8H2,1-3H3,(H,15,17). The van der Waals surface area contributed by atoms with Gasteiger partial charge in [-0.25, -0.2) is 9.59 Å². The van der Waals surface area contributed by atoms with E-state index in [0.29, 0.717) is 5.76 Å². The molecule has 1 rings (SSSR count). The second-order valence-corrected chi connectivity index (χ2v) is 5.27. The van der Waals surface area contributed by atoms with Crippen LogP contribution in [0.2, 0.25) is 0 Å². The van der Waals surface area contributed by atoms with Crippen molar-refractivity contribution >= 4 is 23.7 Å². The van der Waals surface area contributed by atoms with Gasteiger partial charge in [0.25, 0.3) is 0 Å². The maximum Gasteiger partial charge on any atom is 0.408 e. The van der Waals surface area contributed by atoms with Crippen LogP contribution in [-0.2, 0) is 20.7 Å². The summed E-state index contributed by atoms with van der Waals surface area (Å²) < 4.78 is 14.9. The minimum Gasteiger partial charge on any atom is -0.469 e. The lowest BCUT2D eigenvalue weighted by Crippen LogP contribution is -2.45. The lowest BCUT2D eigenvalue weighted by molar-refractivity contribution is -0.144. The lowest BCUT2D eigenvalue weighted by Gasteiger charge is -2.22. The van der Waals surface area contributed by atoms with Crippen molar-refractivity contribution in [3.63, 3.8) is 0 Å². The molecule has 0 aliphatic carbocycles. The molecule has 1 aromatic heterocycles. The molecule has 0 aromatic carbocycles. The van der Waals surface area contributed by atoms with Crippen LogP contribution in [0.3, 0.4) is 0 Å². The van der Waals surface area contributed by atoms with Crippen molar-refractivity contribution < 1.29 is 23.5 Å². The Kier molecular flexibility index (Phi) is 5.88. The molecule has 0 spiro atoms. The van der Waals surface area contributed by atoms with E-state index in [2.05, 4.69) is 5.32 Å². The predicted octanol–water partition coefficient (Wildman–Crippen LogP) is 2.45. The second kappa shape index (κ2) is 7.19. The van der Waals surface area contributed by atoms with Gasteiger partial charge in [-0.3, -0.25) is 0 Å². The van der Waals surface area contributed by atoms with Gasteiger partial charge in [-0.1, -0.05) is 11.6 Å². The first-order chi connectivity index (χ1) is 9.31. The third-order valence-corrected chi connectivity index (χ3v) is 2.27. The lowest BCUT2D eigenvalue weighted by atomic mass is 10.1. The predicted molar refractivity (Wildman–Crippen MR) is 72.4 cm³/mol. The molecule has 1 N–H and O–H groups in total. The van der Waals surface area contributed by atoms with Gasteiger partial charge >= 0.3 is 12.1 Å². The van der Waals surface area contributed by atoms with E-state index in [4.69, 9.17) is 25.5 Å². The largest absolute Gasteiger partial charge is 0.469 e. The van der Waals surface area contributed by atoms with Gasteiger partial charge in [0.15, 0.2) is 6.07 Å². The van der Waals surface area contributed by atoms with Crippen LogP contribution >= 0.6 is 11.6 Å². The first-order valence-corrected chi connectivity index (χ1v) is 6.60. The number of esters is 1. The zero-order valence-electron chi connectivity index (χ0n) is 11.6. The summed E-state index contributed by atoms with van der Waals surface area (Å²) in [6.45, 7) is 5.18. The average molecular weight is 304 g/mol. The summed E-state index contributed by atoms with van der Waals surface area (Å²) in [6.07, 6.45) is 0.926. The van der Waals surface area contributed by atoms with Gasteiger partial charge in [-0.15, -0.1) is 0 Å². The molecule has 0 aliphatic heterocycles. The van der Waals surface area contributed by atoms with E-state index >= 15 is 0 Å². The van der Waals surface area contributed by atoms with E-state index < -0.39 is 23.7 Å². The number of nitrogens with one attached hydrogen (secondary N) is 1. The molecule has 0 bridgehead atoms. The van der Waals surface area contributed by atoms with Crippen LogP contribution < -0.4 is 5.32 Å². The fourth-order valence-corrected chi connectivity index (χ4v) is 1.53. The molecule has 20 heavy (non-hydrogen) atoms. The van der Waals surface area contributed by atoms with Crippen LogP contribution in [0.15, 0.2) is 22.8 Å². The quantitative estimate of drug-likeness (QED) is 0.668. The van der Waals surface area contributed by atoms with Crippen molar-refractivity contribution in [1.82, 2.24) is 5.32 Å². The molecule has 0 saturated carbocycles. The number of carbonyl (C=O) groups excluding carboxylic acids is 2. The molecule has 0 radical (unpaired) electrons. The van der Waals surface area contributed by atoms with Crippen LogP contribution in [0.4, 0.5) is 4.79 Å². The van der Waals surface area contributed by atoms with Gasteiger partial charge in [0, 0.05) is 6.42 Å². The number of carbonyl (C=O) groups is 2. The van der Waals surface area contributed by atoms with Crippen molar-refractivity contribution in [3.05, 3.63) is 24.2 Å². The first kappa shape index (κ1) is 16.4. The molecular weight excluding hydrogens is 286 g/mol. The number of hydrogen-bond donors (Lipinski definition) is 1. The molecule has 1 heterocycles. The summed E-state index contributed by atoms with van der Waals surface area (Å²) >= 11 is 5.35. The third kappa shape index (κ3) is 5.97. The van der Waals surface area contributed by atoms with Crippen LogP contribution in [-0.4, -0.2) is 29.8 Å². The van der Waals surface area contributed by atoms with Crippen molar-refractivity contribution in [2.45, 2.75) is 38.8 Å². The van der Waals surface area contributed by atoms with Crippen LogP contribution in [0.1, 0.15) is 26.5 Å². The van der Waals surface area contributed by atoms with Gasteiger partial charge in [0.1, 0.15) is 17.4 Å². The molecule has 0 fully saturated rings. The molecule has 0 saturated heterocycles. The number of furan rings is 1. The topological polar surface area (TPSA) is 77.8 Å². The van der Waals surface area contributed by atoms with Crippen molar-refractivity contribution in [1.29, 1.82) is 0 Å². The highest BCUT2D eigenvalue weighted by Crippen LogP contribution is 2.09. The molecular formula is C13H18ClNO5. The number of halogens is 1. The molecule has 1 aromatic rings. The normalized spacial score (nSPS) is 12.6. The van der Waals surface area contributed by atoms with E-state index in [9.17, 15) is 9.59 Å². The van der Waals surface area contributed by atoms with Crippen molar-refractivity contribution in [2.75, 3.05) is 6.07 Å². The monoisotopic (exact) mass is 303 g/mol. The Morgan fingerprint density at radius 2 is 2.15 bits per heavy atom. The second-order valence-electron chi connectivity index (χ2n) is 5.05. The van der Waals surface area contributed by atoms with Gasteiger partial charge in [-0.2, -0.15) is 0 Å². The highest BCUT2D eigenvalue weighted by atomic mass is 35.5. The minimum absolute atomic E-state index is 0.155. The Bertz CT molecular complexity index is 438. The Hall–Kier alpha value is -1.69. The molecule has 1 unspecified atom stereocenters. The number of alkyl halides is 1. The van der Waals surface area contributed by atoms with Gasteiger partial charge in [0.05, 0.1) is 6.26 Å². The van der Waals surface area contributed by atoms with Gasteiger partial charge in [-0.05, 0) is 32.9 Å². The van der Waals surface area contributed by atoms with Crippen LogP contribution in [0, 0.1) is 0 Å². The smallest absolute Gasteiger partial charge is 0.408 e. The van der Waals surface area contributed by atoms with E-state index in [1.54, 1.807) is 32.9 Å². The number of ether oxygens (including phenoxy) is 2. The molecule has 6 nitrogen and oxygen atoms in total. The number of amides is 1. The fourth-order valence-electron chi connectivity index (χ4n) is 1.43. The molecule has 1 amide bonds. The third-order valence-electron chi connectivity index (χ3n) is 2.16. The maximum absolute atomic E-state index is 11.8. The zero-order valence-corrected chi connectivity index (χ0v) is 12.4. The van der Waals surface area contributed by atoms with E-state index in [1.165, 1.54) is 6.26 Å². The summed E-state index contributed by atoms with van der Waals surface area (Å²) in [6, 6.07) is 2.17. The highest BCUT2D eigenvalue weighted by molar-refractivity contribution is 6.17. The van der Waals surface area contributed by atoms with E-state index in [-0.39, 0.29) is 12.5 Å². The Labute approximate surface area is 122 Å². The Morgan fingerprint density at radius 3 is 2.65 bits per heavy atom. The summed E-state index contributed by atoms with van der Waals surface area (Å²) in [7, 11) is 0. The molecule has 1 atom stereocenters. The number of alkyl carbamates (subject to hydrolysis) is 1. The summed E-state index contributed by atoms with van der Waals surface area (Å²) in [5, 5.41) is 2.44. The maximum atomic E-state index is 11.8. The average Bonchev–Trinajstić information content (AvgIpc) is 2.78. The SMILES string of the molecule is CC(C)(C)OC(=O)NC(Cc1ccco1)C(=O)OCCl. The van der Waals surface area contributed by atoms with E-state index in [0.717, 1.165) is 0 Å². The number of rotatable bonds is 5. The molecule has 7 heteroatoms. The fraction of sp³-hybridized carbons (Fsp3) is 0.538. The summed E-state index contributed by atoms with van der Waals surface area (Å²) in [4.78, 5) is 23.5. The molecule has 0 aliphatic rings. The Morgan fingerprint density at radius 1 is 1.45 bits per heavy atom. The van der Waals surface area contributed by atoms with Crippen LogP contribution in [0.5, 0.6) is 0 Å². The molecule has 112 valence electrons. The summed E-state index contributed by atoms with van der Waals surface area (Å²) in [5.74, 6) is -0.111. The number of hydrogen-bond acceptors (Lipinski definition) is 5. The first-order valence-electron chi connectivity index (χ1n) is 6.06. The van der Waals surface area contributed by atoms with Gasteiger partial charge < -0.3 is 19.2 Å². The Balaban J connectivity index is 2.67. The van der Waals surface area contributed by atoms with Gasteiger partial charge in [0.2, 0.25) is 0 Å². The highest BCUT2D eigenvalue weighted by Gasteiger charge is 2.26. The minimum atomic E-state index is -0.922.